The molecule has 3 heterocycles. The quantitative estimate of drug-likeness (QED) is 0.530. The molecular formula is C23H24N6O. The number of aromatic nitrogens is 4. The number of nitrogens with zero attached hydrogens (tertiary/aromatic N) is 5. The number of hydrogen-bond donors (Lipinski definition) is 1. The average Bonchev–Trinajstić information content (AvgIpc) is 3.25. The van der Waals surface area contributed by atoms with Gasteiger partial charge in [0.05, 0.1) is 24.4 Å². The maximum Gasteiger partial charge on any atom is 0.229 e. The van der Waals surface area contributed by atoms with Crippen molar-refractivity contribution < 1.29 is 4.74 Å². The molecule has 1 aliphatic rings. The van der Waals surface area contributed by atoms with Crippen LogP contribution >= 0.6 is 0 Å². The molecule has 0 aliphatic carbocycles. The minimum Gasteiger partial charge on any atom is -0.497 e. The van der Waals surface area contributed by atoms with Crippen LogP contribution < -0.4 is 15.0 Å². The summed E-state index contributed by atoms with van der Waals surface area (Å²) in [5.74, 6) is 2.32. The van der Waals surface area contributed by atoms with E-state index in [1.807, 2.05) is 65.5 Å². The van der Waals surface area contributed by atoms with Crippen LogP contribution in [0.2, 0.25) is 0 Å². The van der Waals surface area contributed by atoms with Crippen LogP contribution in [0.25, 0.3) is 16.7 Å². The second-order valence-electron chi connectivity index (χ2n) is 7.40. The zero-order valence-corrected chi connectivity index (χ0v) is 17.0. The predicted octanol–water partition coefficient (Wildman–Crippen LogP) is 4.56. The number of rotatable bonds is 5. The fourth-order valence-electron chi connectivity index (χ4n) is 3.80. The summed E-state index contributed by atoms with van der Waals surface area (Å²) in [6.07, 6.45) is 5.42. The molecule has 7 heteroatoms. The number of para-hydroxylation sites is 1. The van der Waals surface area contributed by atoms with Gasteiger partial charge in [0, 0.05) is 18.8 Å². The fraction of sp³-hybridized carbons (Fsp3) is 0.261. The van der Waals surface area contributed by atoms with Crippen molar-refractivity contribution in [1.82, 2.24) is 19.7 Å². The highest BCUT2D eigenvalue weighted by atomic mass is 16.5. The lowest BCUT2D eigenvalue weighted by atomic mass is 10.1. The molecule has 0 bridgehead atoms. The maximum absolute atomic E-state index is 5.27. The van der Waals surface area contributed by atoms with Crippen LogP contribution in [0.5, 0.6) is 5.75 Å². The Bertz CT molecular complexity index is 1130. The fourth-order valence-corrected chi connectivity index (χ4v) is 3.80. The van der Waals surface area contributed by atoms with E-state index >= 15 is 0 Å². The molecule has 0 spiro atoms. The van der Waals surface area contributed by atoms with Crippen LogP contribution in [0.4, 0.5) is 17.5 Å². The van der Waals surface area contributed by atoms with Crippen LogP contribution in [0.15, 0.2) is 60.8 Å². The van der Waals surface area contributed by atoms with E-state index < -0.39 is 0 Å². The molecule has 1 fully saturated rings. The molecule has 0 saturated carbocycles. The van der Waals surface area contributed by atoms with Gasteiger partial charge in [0.2, 0.25) is 5.95 Å². The van der Waals surface area contributed by atoms with Gasteiger partial charge in [-0.1, -0.05) is 18.2 Å². The topological polar surface area (TPSA) is 68.1 Å². The average molecular weight is 400 g/mol. The zero-order chi connectivity index (χ0) is 20.3. The molecule has 0 atom stereocenters. The summed E-state index contributed by atoms with van der Waals surface area (Å²) in [5.41, 5.74) is 2.71. The van der Waals surface area contributed by atoms with E-state index in [2.05, 4.69) is 15.3 Å². The highest BCUT2D eigenvalue weighted by Gasteiger charge is 2.19. The van der Waals surface area contributed by atoms with Crippen LogP contribution in [-0.4, -0.2) is 39.9 Å². The van der Waals surface area contributed by atoms with Crippen LogP contribution in [0.3, 0.4) is 0 Å². The number of hydrogen-bond acceptors (Lipinski definition) is 6. The molecule has 1 saturated heterocycles. The van der Waals surface area contributed by atoms with E-state index in [-0.39, 0.29) is 0 Å². The summed E-state index contributed by atoms with van der Waals surface area (Å²) < 4.78 is 7.15. The Labute approximate surface area is 175 Å². The first-order chi connectivity index (χ1) is 14.8. The maximum atomic E-state index is 5.27. The Hall–Kier alpha value is -3.61. The summed E-state index contributed by atoms with van der Waals surface area (Å²) in [6, 6.07) is 17.9. The van der Waals surface area contributed by atoms with E-state index in [0.717, 1.165) is 53.0 Å². The van der Waals surface area contributed by atoms with Gasteiger partial charge in [-0.05, 0) is 55.7 Å². The van der Waals surface area contributed by atoms with Crippen molar-refractivity contribution in [3.63, 3.8) is 0 Å². The van der Waals surface area contributed by atoms with E-state index in [4.69, 9.17) is 14.7 Å². The van der Waals surface area contributed by atoms with Crippen molar-refractivity contribution in [3.8, 4) is 11.4 Å². The lowest BCUT2D eigenvalue weighted by Crippen LogP contribution is -2.31. The van der Waals surface area contributed by atoms with Gasteiger partial charge in [0.25, 0.3) is 0 Å². The molecule has 1 aliphatic heterocycles. The molecule has 30 heavy (non-hydrogen) atoms. The van der Waals surface area contributed by atoms with Gasteiger partial charge >= 0.3 is 0 Å². The van der Waals surface area contributed by atoms with Gasteiger partial charge < -0.3 is 15.0 Å². The predicted molar refractivity (Wildman–Crippen MR) is 119 cm³/mol. The number of anilines is 3. The van der Waals surface area contributed by atoms with Crippen molar-refractivity contribution >= 4 is 28.5 Å². The molecule has 2 aromatic carbocycles. The SMILES string of the molecule is COc1ccc(Nc2nc(N3CCCCC3)nc3c2cnn3-c2ccccc2)cc1. The first kappa shape index (κ1) is 18.4. The Kier molecular flexibility index (Phi) is 4.93. The lowest BCUT2D eigenvalue weighted by molar-refractivity contribution is 0.415. The van der Waals surface area contributed by atoms with Crippen LogP contribution in [-0.2, 0) is 0 Å². The molecular weight excluding hydrogens is 376 g/mol. The van der Waals surface area contributed by atoms with Crippen LogP contribution in [0.1, 0.15) is 19.3 Å². The summed E-state index contributed by atoms with van der Waals surface area (Å²) in [5, 5.41) is 8.96. The van der Waals surface area contributed by atoms with Gasteiger partial charge in [-0.2, -0.15) is 15.1 Å². The Morgan fingerprint density at radius 2 is 1.67 bits per heavy atom. The number of piperidine rings is 1. The first-order valence-corrected chi connectivity index (χ1v) is 10.3. The third kappa shape index (κ3) is 3.54. The summed E-state index contributed by atoms with van der Waals surface area (Å²) in [7, 11) is 1.67. The number of ether oxygens (including phenoxy) is 1. The highest BCUT2D eigenvalue weighted by Crippen LogP contribution is 2.29. The van der Waals surface area contributed by atoms with Crippen molar-refractivity contribution in [1.29, 1.82) is 0 Å². The van der Waals surface area contributed by atoms with Crippen molar-refractivity contribution in [2.75, 3.05) is 30.4 Å². The molecule has 1 N–H and O–H groups in total. The smallest absolute Gasteiger partial charge is 0.229 e. The Morgan fingerprint density at radius 1 is 0.900 bits per heavy atom. The van der Waals surface area contributed by atoms with E-state index in [0.29, 0.717) is 0 Å². The molecule has 0 radical (unpaired) electrons. The second-order valence-corrected chi connectivity index (χ2v) is 7.40. The lowest BCUT2D eigenvalue weighted by Gasteiger charge is -2.27. The minimum atomic E-state index is 0.746. The van der Waals surface area contributed by atoms with E-state index in [1.165, 1.54) is 19.3 Å². The Balaban J connectivity index is 1.61. The van der Waals surface area contributed by atoms with Gasteiger partial charge in [-0.15, -0.1) is 0 Å². The summed E-state index contributed by atoms with van der Waals surface area (Å²) in [4.78, 5) is 12.1. The van der Waals surface area contributed by atoms with Gasteiger partial charge in [-0.3, -0.25) is 0 Å². The van der Waals surface area contributed by atoms with E-state index in [9.17, 15) is 0 Å². The summed E-state index contributed by atoms with van der Waals surface area (Å²) >= 11 is 0. The van der Waals surface area contributed by atoms with Crippen LogP contribution in [0, 0.1) is 0 Å². The number of benzene rings is 2. The zero-order valence-electron chi connectivity index (χ0n) is 17.0. The molecule has 5 rings (SSSR count). The molecule has 4 aromatic rings. The summed E-state index contributed by atoms with van der Waals surface area (Å²) in [6.45, 7) is 1.96. The Morgan fingerprint density at radius 3 is 2.40 bits per heavy atom. The number of methoxy groups -OCH3 is 1. The third-order valence-corrected chi connectivity index (χ3v) is 5.41. The molecule has 152 valence electrons. The molecule has 0 unspecified atom stereocenters. The number of nitrogens with one attached hydrogen (secondary N) is 1. The van der Waals surface area contributed by atoms with Crippen molar-refractivity contribution in [2.45, 2.75) is 19.3 Å². The second kappa shape index (κ2) is 8.02. The standard InChI is InChI=1S/C23H24N6O/c1-30-19-12-10-17(11-13-19)25-21-20-16-24-29(18-8-4-2-5-9-18)22(20)27-23(26-21)28-14-6-3-7-15-28/h2,4-5,8-13,16H,3,6-7,14-15H2,1H3,(H,25,26,27). The van der Waals surface area contributed by atoms with Crippen molar-refractivity contribution in [3.05, 3.63) is 60.8 Å². The monoisotopic (exact) mass is 400 g/mol. The molecule has 2 aromatic heterocycles. The van der Waals surface area contributed by atoms with Crippen molar-refractivity contribution in [2.24, 2.45) is 0 Å². The minimum absolute atomic E-state index is 0.746. The van der Waals surface area contributed by atoms with E-state index in [1.54, 1.807) is 7.11 Å². The normalized spacial score (nSPS) is 14.1. The van der Waals surface area contributed by atoms with Gasteiger partial charge in [0.1, 0.15) is 11.6 Å². The number of fused-ring (bicyclic) bond motifs is 1. The third-order valence-electron chi connectivity index (χ3n) is 5.41. The molecule has 0 amide bonds. The molecule has 7 nitrogen and oxygen atoms in total. The van der Waals surface area contributed by atoms with Gasteiger partial charge in [-0.25, -0.2) is 4.68 Å². The first-order valence-electron chi connectivity index (χ1n) is 10.3. The highest BCUT2D eigenvalue weighted by molar-refractivity contribution is 5.90. The largest absolute Gasteiger partial charge is 0.497 e. The van der Waals surface area contributed by atoms with Gasteiger partial charge in [0.15, 0.2) is 5.65 Å².